The largest absolute Gasteiger partial charge is 0.254 e. The van der Waals surface area contributed by atoms with Crippen molar-refractivity contribution in [1.29, 1.82) is 0 Å². The lowest BCUT2D eigenvalue weighted by atomic mass is 10.1. The van der Waals surface area contributed by atoms with Crippen LogP contribution in [0.5, 0.6) is 0 Å². The van der Waals surface area contributed by atoms with E-state index >= 15 is 0 Å². The summed E-state index contributed by atoms with van der Waals surface area (Å²) in [6.07, 6.45) is 2.95. The van der Waals surface area contributed by atoms with E-state index in [1.54, 1.807) is 0 Å². The summed E-state index contributed by atoms with van der Waals surface area (Å²) in [5, 5.41) is 0. The van der Waals surface area contributed by atoms with Gasteiger partial charge in [-0.3, -0.25) is 9.97 Å². The molecule has 0 N–H and O–H groups in total. The molecule has 0 spiro atoms. The van der Waals surface area contributed by atoms with Crippen LogP contribution in [-0.4, -0.2) is 9.97 Å². The third-order valence-electron chi connectivity index (χ3n) is 2.86. The fourth-order valence-electron chi connectivity index (χ4n) is 1.70. The fourth-order valence-corrected chi connectivity index (χ4v) is 1.70. The van der Waals surface area contributed by atoms with Crippen molar-refractivity contribution in [3.63, 3.8) is 0 Å². The average molecular weight is 226 g/mol. The van der Waals surface area contributed by atoms with Crippen molar-refractivity contribution < 1.29 is 0 Å². The molecule has 0 amide bonds. The first-order valence-electron chi connectivity index (χ1n) is 6.13. The van der Waals surface area contributed by atoms with Crippen LogP contribution in [0.15, 0.2) is 36.5 Å². The zero-order chi connectivity index (χ0) is 12.3. The highest BCUT2D eigenvalue weighted by Gasteiger charge is 2.04. The maximum Gasteiger partial charge on any atom is 0.0889 e. The molecule has 2 aromatic rings. The smallest absolute Gasteiger partial charge is 0.0889 e. The van der Waals surface area contributed by atoms with Gasteiger partial charge in [-0.2, -0.15) is 0 Å². The van der Waals surface area contributed by atoms with E-state index in [0.29, 0.717) is 5.92 Å². The quantitative estimate of drug-likeness (QED) is 0.795. The van der Waals surface area contributed by atoms with E-state index in [0.717, 1.165) is 23.5 Å². The van der Waals surface area contributed by atoms with Gasteiger partial charge < -0.3 is 0 Å². The van der Waals surface area contributed by atoms with Crippen LogP contribution in [0.2, 0.25) is 0 Å². The molecule has 2 aromatic heterocycles. The number of hydrogen-bond acceptors (Lipinski definition) is 2. The van der Waals surface area contributed by atoms with Crippen LogP contribution in [0.4, 0.5) is 0 Å². The van der Waals surface area contributed by atoms with Gasteiger partial charge in [-0.1, -0.05) is 32.9 Å². The second kappa shape index (κ2) is 5.09. The van der Waals surface area contributed by atoms with E-state index in [2.05, 4.69) is 42.9 Å². The van der Waals surface area contributed by atoms with E-state index in [1.807, 2.05) is 24.4 Å². The Balaban J connectivity index is 2.35. The van der Waals surface area contributed by atoms with Crippen LogP contribution in [0.25, 0.3) is 11.4 Å². The standard InChI is InChI=1S/C15H18N2/c1-4-12-8-9-14(16-10-12)15-7-5-6-13(17-15)11(2)3/h5-11H,4H2,1-3H3. The summed E-state index contributed by atoms with van der Waals surface area (Å²) in [7, 11) is 0. The Kier molecular flexibility index (Phi) is 3.52. The molecule has 2 heteroatoms. The van der Waals surface area contributed by atoms with E-state index in [4.69, 9.17) is 0 Å². The summed E-state index contributed by atoms with van der Waals surface area (Å²) in [4.78, 5) is 9.09. The summed E-state index contributed by atoms with van der Waals surface area (Å²) in [5.41, 5.74) is 4.28. The fraction of sp³-hybridized carbons (Fsp3) is 0.333. The number of pyridine rings is 2. The topological polar surface area (TPSA) is 25.8 Å². The molecular weight excluding hydrogens is 208 g/mol. The van der Waals surface area contributed by atoms with Crippen LogP contribution in [0.1, 0.15) is 37.9 Å². The predicted octanol–water partition coefficient (Wildman–Crippen LogP) is 3.83. The summed E-state index contributed by atoms with van der Waals surface area (Å²) >= 11 is 0. The van der Waals surface area contributed by atoms with Crippen LogP contribution < -0.4 is 0 Å². The van der Waals surface area contributed by atoms with Crippen molar-refractivity contribution in [3.05, 3.63) is 47.8 Å². The minimum atomic E-state index is 0.449. The van der Waals surface area contributed by atoms with Crippen molar-refractivity contribution in [1.82, 2.24) is 9.97 Å². The van der Waals surface area contributed by atoms with E-state index < -0.39 is 0 Å². The third kappa shape index (κ3) is 2.70. The van der Waals surface area contributed by atoms with Crippen molar-refractivity contribution >= 4 is 0 Å². The number of aryl methyl sites for hydroxylation is 1. The summed E-state index contributed by atoms with van der Waals surface area (Å²) < 4.78 is 0. The van der Waals surface area contributed by atoms with Crippen molar-refractivity contribution in [3.8, 4) is 11.4 Å². The zero-order valence-corrected chi connectivity index (χ0v) is 10.6. The lowest BCUT2D eigenvalue weighted by Crippen LogP contribution is -1.95. The van der Waals surface area contributed by atoms with Crippen LogP contribution >= 0.6 is 0 Å². The molecule has 0 aliphatic carbocycles. The monoisotopic (exact) mass is 226 g/mol. The molecule has 2 heterocycles. The van der Waals surface area contributed by atoms with Gasteiger partial charge in [0, 0.05) is 11.9 Å². The SMILES string of the molecule is CCc1ccc(-c2cccc(C(C)C)n2)nc1. The Morgan fingerprint density at radius 1 is 1.06 bits per heavy atom. The molecule has 2 nitrogen and oxygen atoms in total. The van der Waals surface area contributed by atoms with Crippen LogP contribution in [-0.2, 0) is 6.42 Å². The van der Waals surface area contributed by atoms with Gasteiger partial charge >= 0.3 is 0 Å². The molecule has 0 fully saturated rings. The summed E-state index contributed by atoms with van der Waals surface area (Å²) in [5.74, 6) is 0.449. The van der Waals surface area contributed by atoms with Crippen molar-refractivity contribution in [2.75, 3.05) is 0 Å². The first-order chi connectivity index (χ1) is 8.20. The molecule has 0 saturated heterocycles. The Labute approximate surface area is 103 Å². The summed E-state index contributed by atoms with van der Waals surface area (Å²) in [6.45, 7) is 6.44. The van der Waals surface area contributed by atoms with Gasteiger partial charge in [-0.15, -0.1) is 0 Å². The number of hydrogen-bond donors (Lipinski definition) is 0. The van der Waals surface area contributed by atoms with E-state index in [1.165, 1.54) is 5.56 Å². The van der Waals surface area contributed by atoms with Crippen LogP contribution in [0.3, 0.4) is 0 Å². The lowest BCUT2D eigenvalue weighted by molar-refractivity contribution is 0.824. The van der Waals surface area contributed by atoms with Crippen molar-refractivity contribution in [2.45, 2.75) is 33.1 Å². The Morgan fingerprint density at radius 3 is 2.47 bits per heavy atom. The normalized spacial score (nSPS) is 10.8. The highest BCUT2D eigenvalue weighted by Crippen LogP contribution is 2.18. The first kappa shape index (κ1) is 11.8. The lowest BCUT2D eigenvalue weighted by Gasteiger charge is -2.07. The predicted molar refractivity (Wildman–Crippen MR) is 70.9 cm³/mol. The van der Waals surface area contributed by atoms with Crippen molar-refractivity contribution in [2.24, 2.45) is 0 Å². The first-order valence-corrected chi connectivity index (χ1v) is 6.13. The Hall–Kier alpha value is -1.70. The molecule has 0 aliphatic heterocycles. The maximum atomic E-state index is 4.64. The Morgan fingerprint density at radius 2 is 1.88 bits per heavy atom. The molecule has 17 heavy (non-hydrogen) atoms. The molecule has 0 radical (unpaired) electrons. The molecule has 0 atom stereocenters. The van der Waals surface area contributed by atoms with Gasteiger partial charge in [-0.25, -0.2) is 0 Å². The van der Waals surface area contributed by atoms with Gasteiger partial charge in [0.25, 0.3) is 0 Å². The van der Waals surface area contributed by atoms with Gasteiger partial charge in [0.2, 0.25) is 0 Å². The van der Waals surface area contributed by atoms with Gasteiger partial charge in [0.1, 0.15) is 0 Å². The molecule has 88 valence electrons. The number of nitrogens with zero attached hydrogens (tertiary/aromatic N) is 2. The van der Waals surface area contributed by atoms with Gasteiger partial charge in [-0.05, 0) is 36.1 Å². The molecule has 0 aliphatic rings. The molecule has 0 aromatic carbocycles. The van der Waals surface area contributed by atoms with Gasteiger partial charge in [0.15, 0.2) is 0 Å². The second-order valence-electron chi connectivity index (χ2n) is 4.51. The van der Waals surface area contributed by atoms with Crippen LogP contribution in [0, 0.1) is 0 Å². The molecule has 2 rings (SSSR count). The highest BCUT2D eigenvalue weighted by molar-refractivity contribution is 5.54. The third-order valence-corrected chi connectivity index (χ3v) is 2.86. The molecule has 0 saturated carbocycles. The van der Waals surface area contributed by atoms with E-state index in [-0.39, 0.29) is 0 Å². The number of aromatic nitrogens is 2. The minimum absolute atomic E-state index is 0.449. The minimum Gasteiger partial charge on any atom is -0.254 e. The second-order valence-corrected chi connectivity index (χ2v) is 4.51. The Bertz CT molecular complexity index is 487. The molecule has 0 bridgehead atoms. The highest BCUT2D eigenvalue weighted by atomic mass is 14.8. The average Bonchev–Trinajstić information content (AvgIpc) is 2.39. The van der Waals surface area contributed by atoms with E-state index in [9.17, 15) is 0 Å². The number of rotatable bonds is 3. The molecular formula is C15H18N2. The van der Waals surface area contributed by atoms with Gasteiger partial charge in [0.05, 0.1) is 11.4 Å². The summed E-state index contributed by atoms with van der Waals surface area (Å²) in [6, 6.07) is 10.3. The zero-order valence-electron chi connectivity index (χ0n) is 10.6. The molecule has 0 unspecified atom stereocenters. The maximum absolute atomic E-state index is 4.64.